The molecule has 1 aromatic carbocycles. The van der Waals surface area contributed by atoms with E-state index >= 15 is 0 Å². The molecule has 3 rings (SSSR count). The van der Waals surface area contributed by atoms with E-state index in [4.69, 9.17) is 11.6 Å². The molecule has 1 saturated heterocycles. The summed E-state index contributed by atoms with van der Waals surface area (Å²) in [5.74, 6) is 1.96. The fraction of sp³-hybridized carbons (Fsp3) is 0.375. The predicted molar refractivity (Wildman–Crippen MR) is 89.1 cm³/mol. The molecule has 1 aromatic heterocycles. The lowest BCUT2D eigenvalue weighted by Gasteiger charge is -2.27. The van der Waals surface area contributed by atoms with Crippen molar-refractivity contribution in [1.29, 1.82) is 0 Å². The summed E-state index contributed by atoms with van der Waals surface area (Å²) in [6, 6.07) is 10.1. The Morgan fingerprint density at radius 1 is 1.05 bits per heavy atom. The first kappa shape index (κ1) is 14.7. The van der Waals surface area contributed by atoms with Crippen LogP contribution in [-0.4, -0.2) is 23.1 Å². The van der Waals surface area contributed by atoms with Crippen molar-refractivity contribution in [3.63, 3.8) is 0 Å². The maximum absolute atomic E-state index is 5.90. The lowest BCUT2D eigenvalue weighted by molar-refractivity contribution is 0.572. The summed E-state index contributed by atoms with van der Waals surface area (Å²) in [5, 5.41) is 1.80. The van der Waals surface area contributed by atoms with Gasteiger partial charge < -0.3 is 4.90 Å². The first-order chi connectivity index (χ1) is 10.3. The van der Waals surface area contributed by atoms with Crippen LogP contribution in [0.3, 0.4) is 0 Å². The number of rotatable bonds is 4. The number of hydrogen-bond donors (Lipinski definition) is 0. The Hall–Kier alpha value is -1.26. The lowest BCUT2D eigenvalue weighted by atomic mass is 10.1. The molecule has 110 valence electrons. The Morgan fingerprint density at radius 2 is 1.81 bits per heavy atom. The summed E-state index contributed by atoms with van der Waals surface area (Å²) in [7, 11) is 0. The van der Waals surface area contributed by atoms with Crippen molar-refractivity contribution in [2.45, 2.75) is 30.0 Å². The standard InChI is InChI=1S/C16H18ClN3S/c17-14-6-4-13(5-7-14)11-21-16-10-15(18-12-19-16)20-8-2-1-3-9-20/h4-7,10,12H,1-3,8-9,11H2. The van der Waals surface area contributed by atoms with Gasteiger partial charge in [0.2, 0.25) is 0 Å². The Balaban J connectivity index is 1.64. The highest BCUT2D eigenvalue weighted by Gasteiger charge is 2.12. The molecule has 3 nitrogen and oxygen atoms in total. The molecule has 1 aliphatic rings. The number of anilines is 1. The highest BCUT2D eigenvalue weighted by atomic mass is 35.5. The van der Waals surface area contributed by atoms with Gasteiger partial charge in [0.1, 0.15) is 17.2 Å². The van der Waals surface area contributed by atoms with Gasteiger partial charge in [0.15, 0.2) is 0 Å². The summed E-state index contributed by atoms with van der Waals surface area (Å²) in [6.45, 7) is 2.22. The minimum absolute atomic E-state index is 0.776. The number of nitrogens with zero attached hydrogens (tertiary/aromatic N) is 3. The molecule has 0 N–H and O–H groups in total. The highest BCUT2D eigenvalue weighted by molar-refractivity contribution is 7.98. The van der Waals surface area contributed by atoms with Crippen molar-refractivity contribution in [3.8, 4) is 0 Å². The zero-order valence-electron chi connectivity index (χ0n) is 11.8. The Bertz CT molecular complexity index is 582. The van der Waals surface area contributed by atoms with Gasteiger partial charge in [-0.2, -0.15) is 0 Å². The van der Waals surface area contributed by atoms with E-state index in [1.165, 1.54) is 24.8 Å². The van der Waals surface area contributed by atoms with Gasteiger partial charge in [-0.25, -0.2) is 9.97 Å². The van der Waals surface area contributed by atoms with Crippen molar-refractivity contribution in [2.24, 2.45) is 0 Å². The van der Waals surface area contributed by atoms with Crippen LogP contribution in [0.25, 0.3) is 0 Å². The third-order valence-corrected chi connectivity index (χ3v) is 4.86. The molecule has 0 spiro atoms. The SMILES string of the molecule is Clc1ccc(CSc2cc(N3CCCCC3)ncn2)cc1. The number of benzene rings is 1. The van der Waals surface area contributed by atoms with Gasteiger partial charge in [-0.15, -0.1) is 11.8 Å². The average Bonchev–Trinajstić information content (AvgIpc) is 2.55. The van der Waals surface area contributed by atoms with Crippen LogP contribution in [0.4, 0.5) is 5.82 Å². The second-order valence-corrected chi connectivity index (χ2v) is 6.61. The van der Waals surface area contributed by atoms with Crippen molar-refractivity contribution < 1.29 is 0 Å². The minimum Gasteiger partial charge on any atom is -0.356 e. The van der Waals surface area contributed by atoms with E-state index in [1.807, 2.05) is 12.1 Å². The monoisotopic (exact) mass is 319 g/mol. The maximum Gasteiger partial charge on any atom is 0.133 e. The van der Waals surface area contributed by atoms with E-state index in [0.717, 1.165) is 34.7 Å². The molecule has 0 aliphatic carbocycles. The summed E-state index contributed by atoms with van der Waals surface area (Å²) in [6.07, 6.45) is 5.53. The second-order valence-electron chi connectivity index (χ2n) is 5.18. The van der Waals surface area contributed by atoms with Crippen LogP contribution < -0.4 is 4.90 Å². The zero-order chi connectivity index (χ0) is 14.5. The van der Waals surface area contributed by atoms with Crippen LogP contribution in [0.1, 0.15) is 24.8 Å². The number of halogens is 1. The fourth-order valence-corrected chi connectivity index (χ4v) is 3.39. The minimum atomic E-state index is 0.776. The van der Waals surface area contributed by atoms with Crippen LogP contribution in [0.15, 0.2) is 41.7 Å². The molecule has 5 heteroatoms. The van der Waals surface area contributed by atoms with Gasteiger partial charge in [0.25, 0.3) is 0 Å². The number of aromatic nitrogens is 2. The van der Waals surface area contributed by atoms with E-state index in [2.05, 4.69) is 33.1 Å². The summed E-state index contributed by atoms with van der Waals surface area (Å²) < 4.78 is 0. The second kappa shape index (κ2) is 7.14. The maximum atomic E-state index is 5.90. The van der Waals surface area contributed by atoms with Gasteiger partial charge in [0.05, 0.1) is 0 Å². The van der Waals surface area contributed by atoms with E-state index < -0.39 is 0 Å². The molecule has 0 atom stereocenters. The Kier molecular flexibility index (Phi) is 4.99. The van der Waals surface area contributed by atoms with Gasteiger partial charge in [-0.1, -0.05) is 23.7 Å². The summed E-state index contributed by atoms with van der Waals surface area (Å²) >= 11 is 7.64. The molecule has 0 saturated carbocycles. The van der Waals surface area contributed by atoms with Crippen LogP contribution in [0, 0.1) is 0 Å². The topological polar surface area (TPSA) is 29.0 Å². The third-order valence-electron chi connectivity index (χ3n) is 3.61. The molecule has 0 amide bonds. The Morgan fingerprint density at radius 3 is 2.57 bits per heavy atom. The van der Waals surface area contributed by atoms with Crippen molar-refractivity contribution in [2.75, 3.05) is 18.0 Å². The van der Waals surface area contributed by atoms with E-state index in [-0.39, 0.29) is 0 Å². The average molecular weight is 320 g/mol. The van der Waals surface area contributed by atoms with Gasteiger partial charge in [-0.05, 0) is 37.0 Å². The van der Waals surface area contributed by atoms with Gasteiger partial charge >= 0.3 is 0 Å². The first-order valence-corrected chi connectivity index (χ1v) is 8.62. The largest absolute Gasteiger partial charge is 0.356 e. The zero-order valence-corrected chi connectivity index (χ0v) is 13.4. The van der Waals surface area contributed by atoms with Crippen molar-refractivity contribution in [3.05, 3.63) is 47.2 Å². The number of hydrogen-bond acceptors (Lipinski definition) is 4. The van der Waals surface area contributed by atoms with Crippen molar-refractivity contribution in [1.82, 2.24) is 9.97 Å². The van der Waals surface area contributed by atoms with Crippen LogP contribution in [0.5, 0.6) is 0 Å². The van der Waals surface area contributed by atoms with Crippen molar-refractivity contribution >= 4 is 29.2 Å². The quantitative estimate of drug-likeness (QED) is 0.616. The normalized spacial score (nSPS) is 15.2. The smallest absolute Gasteiger partial charge is 0.133 e. The summed E-state index contributed by atoms with van der Waals surface area (Å²) in [4.78, 5) is 11.1. The molecule has 2 aromatic rings. The molecule has 1 fully saturated rings. The summed E-state index contributed by atoms with van der Waals surface area (Å²) in [5.41, 5.74) is 1.25. The molecule has 0 radical (unpaired) electrons. The Labute approximate surface area is 134 Å². The molecular formula is C16H18ClN3S. The van der Waals surface area contributed by atoms with E-state index in [1.54, 1.807) is 18.1 Å². The van der Waals surface area contributed by atoms with E-state index in [0.29, 0.717) is 0 Å². The van der Waals surface area contributed by atoms with Crippen LogP contribution in [-0.2, 0) is 5.75 Å². The lowest BCUT2D eigenvalue weighted by Crippen LogP contribution is -2.30. The predicted octanol–water partition coefficient (Wildman–Crippen LogP) is 4.41. The molecule has 0 unspecified atom stereocenters. The first-order valence-electron chi connectivity index (χ1n) is 7.25. The molecular weight excluding hydrogens is 302 g/mol. The van der Waals surface area contributed by atoms with E-state index in [9.17, 15) is 0 Å². The molecule has 21 heavy (non-hydrogen) atoms. The number of thioether (sulfide) groups is 1. The molecule has 2 heterocycles. The highest BCUT2D eigenvalue weighted by Crippen LogP contribution is 2.25. The molecule has 1 aliphatic heterocycles. The fourth-order valence-electron chi connectivity index (χ4n) is 2.44. The van der Waals surface area contributed by atoms with Crippen LogP contribution >= 0.6 is 23.4 Å². The molecule has 0 bridgehead atoms. The van der Waals surface area contributed by atoms with Gasteiger partial charge in [0, 0.05) is 29.9 Å². The third kappa shape index (κ3) is 4.11. The van der Waals surface area contributed by atoms with Crippen LogP contribution in [0.2, 0.25) is 5.02 Å². The van der Waals surface area contributed by atoms with Gasteiger partial charge in [-0.3, -0.25) is 0 Å². The number of piperidine rings is 1.